The summed E-state index contributed by atoms with van der Waals surface area (Å²) in [5.41, 5.74) is 1.88. The van der Waals surface area contributed by atoms with Crippen molar-refractivity contribution in [3.05, 3.63) is 79.6 Å². The molecule has 0 saturated carbocycles. The van der Waals surface area contributed by atoms with E-state index in [-0.39, 0.29) is 5.91 Å². The number of rotatable bonds is 3. The van der Waals surface area contributed by atoms with E-state index in [4.69, 9.17) is 4.74 Å². The Morgan fingerprint density at radius 3 is 2.47 bits per heavy atom. The third-order valence-corrected chi connectivity index (χ3v) is 7.49. The van der Waals surface area contributed by atoms with Gasteiger partial charge in [-0.2, -0.15) is 0 Å². The number of aliphatic hydroxyl groups is 1. The van der Waals surface area contributed by atoms with Gasteiger partial charge in [0.25, 0.3) is 5.91 Å². The Bertz CT molecular complexity index is 1390. The summed E-state index contributed by atoms with van der Waals surface area (Å²) in [6.07, 6.45) is 1.01. The third-order valence-electron chi connectivity index (χ3n) is 7.49. The van der Waals surface area contributed by atoms with Crippen molar-refractivity contribution in [2.24, 2.45) is 0 Å². The van der Waals surface area contributed by atoms with Gasteiger partial charge in [0, 0.05) is 30.8 Å². The molecule has 3 heterocycles. The van der Waals surface area contributed by atoms with Crippen LogP contribution >= 0.6 is 0 Å². The second kappa shape index (κ2) is 7.27. The van der Waals surface area contributed by atoms with Crippen molar-refractivity contribution in [1.29, 1.82) is 0 Å². The number of nitrogens with zero attached hydrogens (tertiary/aromatic N) is 2. The quantitative estimate of drug-likeness (QED) is 0.608. The number of anilines is 1. The Hall–Kier alpha value is -3.45. The van der Waals surface area contributed by atoms with Gasteiger partial charge in [0.1, 0.15) is 23.1 Å². The van der Waals surface area contributed by atoms with Gasteiger partial charge in [-0.05, 0) is 56.0 Å². The van der Waals surface area contributed by atoms with Crippen molar-refractivity contribution in [3.63, 3.8) is 0 Å². The van der Waals surface area contributed by atoms with Gasteiger partial charge in [-0.1, -0.05) is 24.3 Å². The SMILES string of the molecule is CC1(C)Oc2ccc(-c3c(N4CCCC4)c(=O)c3=O)cc2C(N2Cc3ccccc3C2=O)C1O. The molecule has 3 aromatic rings. The van der Waals surface area contributed by atoms with Gasteiger partial charge >= 0.3 is 0 Å². The van der Waals surface area contributed by atoms with Crippen LogP contribution in [0.5, 0.6) is 5.75 Å². The van der Waals surface area contributed by atoms with E-state index in [1.807, 2.05) is 29.2 Å². The first kappa shape index (κ1) is 21.1. The monoisotopic (exact) mass is 458 g/mol. The summed E-state index contributed by atoms with van der Waals surface area (Å²) in [7, 11) is 0. The minimum absolute atomic E-state index is 0.138. The van der Waals surface area contributed by atoms with Crippen molar-refractivity contribution < 1.29 is 14.6 Å². The predicted molar refractivity (Wildman–Crippen MR) is 128 cm³/mol. The highest BCUT2D eigenvalue weighted by molar-refractivity contribution is 5.98. The van der Waals surface area contributed by atoms with Crippen molar-refractivity contribution in [2.45, 2.75) is 51.0 Å². The lowest BCUT2D eigenvalue weighted by Crippen LogP contribution is -2.53. The molecule has 0 bridgehead atoms. The molecule has 1 fully saturated rings. The Labute approximate surface area is 196 Å². The number of carbonyl (C=O) groups is 1. The molecule has 1 N–H and O–H groups in total. The van der Waals surface area contributed by atoms with E-state index in [0.29, 0.717) is 40.2 Å². The molecule has 0 radical (unpaired) electrons. The fourth-order valence-corrected chi connectivity index (χ4v) is 5.65. The van der Waals surface area contributed by atoms with Crippen LogP contribution in [-0.4, -0.2) is 40.7 Å². The summed E-state index contributed by atoms with van der Waals surface area (Å²) in [6, 6.07) is 12.2. The fourth-order valence-electron chi connectivity index (χ4n) is 5.65. The topological polar surface area (TPSA) is 87.2 Å². The molecular weight excluding hydrogens is 432 g/mol. The zero-order chi connectivity index (χ0) is 23.8. The number of aliphatic hydroxyl groups excluding tert-OH is 1. The summed E-state index contributed by atoms with van der Waals surface area (Å²) < 4.78 is 6.13. The van der Waals surface area contributed by atoms with E-state index < -0.39 is 28.6 Å². The molecule has 2 atom stereocenters. The fraction of sp³-hybridized carbons (Fsp3) is 0.370. The standard InChI is InChI=1S/C27H26N2O5/c1-27(2)25(32)21(29-14-16-7-3-4-8-17(16)26(29)33)18-13-15(9-10-19(18)34-27)20-22(24(31)23(20)30)28-11-5-6-12-28/h3-4,7-10,13,21,25,32H,5-6,11-12,14H2,1-2H3. The van der Waals surface area contributed by atoms with Crippen LogP contribution in [0.1, 0.15) is 54.2 Å². The molecule has 174 valence electrons. The van der Waals surface area contributed by atoms with Crippen molar-refractivity contribution in [3.8, 4) is 16.9 Å². The molecule has 2 unspecified atom stereocenters. The highest BCUT2D eigenvalue weighted by Gasteiger charge is 2.48. The molecule has 1 saturated heterocycles. The van der Waals surface area contributed by atoms with Crippen LogP contribution in [0.3, 0.4) is 0 Å². The van der Waals surface area contributed by atoms with E-state index in [1.165, 1.54) is 0 Å². The lowest BCUT2D eigenvalue weighted by atomic mass is 9.84. The normalized spacial score (nSPS) is 23.2. The van der Waals surface area contributed by atoms with E-state index in [9.17, 15) is 19.5 Å². The number of ether oxygens (including phenoxy) is 1. The maximum Gasteiger partial charge on any atom is 0.255 e. The number of amides is 1. The molecular formula is C27H26N2O5. The lowest BCUT2D eigenvalue weighted by molar-refractivity contribution is -0.0867. The van der Waals surface area contributed by atoms with Crippen LogP contribution in [0.25, 0.3) is 11.1 Å². The maximum absolute atomic E-state index is 13.3. The Kier molecular flexibility index (Phi) is 4.51. The van der Waals surface area contributed by atoms with Gasteiger partial charge in [-0.3, -0.25) is 14.4 Å². The molecule has 6 rings (SSSR count). The van der Waals surface area contributed by atoms with Crippen LogP contribution in [-0.2, 0) is 6.54 Å². The second-order valence-electron chi connectivity index (χ2n) is 10.0. The molecule has 7 heteroatoms. The summed E-state index contributed by atoms with van der Waals surface area (Å²) in [5.74, 6) is 0.426. The average molecular weight is 459 g/mol. The largest absolute Gasteiger partial charge is 0.485 e. The highest BCUT2D eigenvalue weighted by atomic mass is 16.5. The van der Waals surface area contributed by atoms with Crippen LogP contribution < -0.4 is 20.5 Å². The third kappa shape index (κ3) is 2.89. The molecule has 3 aromatic carbocycles. The van der Waals surface area contributed by atoms with Gasteiger partial charge in [0.2, 0.25) is 10.9 Å². The maximum atomic E-state index is 13.3. The lowest BCUT2D eigenvalue weighted by Gasteiger charge is -2.45. The first-order valence-corrected chi connectivity index (χ1v) is 11.8. The number of hydrogen-bond acceptors (Lipinski definition) is 6. The van der Waals surface area contributed by atoms with Gasteiger partial charge in [-0.25, -0.2) is 0 Å². The van der Waals surface area contributed by atoms with Gasteiger partial charge in [0.15, 0.2) is 0 Å². The van der Waals surface area contributed by atoms with E-state index >= 15 is 0 Å². The minimum atomic E-state index is -0.987. The second-order valence-corrected chi connectivity index (χ2v) is 10.0. The van der Waals surface area contributed by atoms with Gasteiger partial charge in [-0.15, -0.1) is 0 Å². The van der Waals surface area contributed by atoms with Gasteiger partial charge < -0.3 is 19.6 Å². The van der Waals surface area contributed by atoms with E-state index in [1.54, 1.807) is 36.9 Å². The molecule has 7 nitrogen and oxygen atoms in total. The summed E-state index contributed by atoms with van der Waals surface area (Å²) >= 11 is 0. The van der Waals surface area contributed by atoms with Crippen LogP contribution in [0.4, 0.5) is 5.69 Å². The van der Waals surface area contributed by atoms with Crippen molar-refractivity contribution in [2.75, 3.05) is 18.0 Å². The highest BCUT2D eigenvalue weighted by Crippen LogP contribution is 2.47. The number of hydrogen-bond donors (Lipinski definition) is 1. The Morgan fingerprint density at radius 1 is 1.00 bits per heavy atom. The molecule has 1 amide bonds. The zero-order valence-corrected chi connectivity index (χ0v) is 19.2. The van der Waals surface area contributed by atoms with Crippen molar-refractivity contribution >= 4 is 11.6 Å². The summed E-state index contributed by atoms with van der Waals surface area (Å²) in [5, 5.41) is 11.4. The average Bonchev–Trinajstić information content (AvgIpc) is 3.46. The van der Waals surface area contributed by atoms with Crippen LogP contribution in [0.15, 0.2) is 52.1 Å². The molecule has 3 aliphatic heterocycles. The Balaban J connectivity index is 1.47. The van der Waals surface area contributed by atoms with Crippen molar-refractivity contribution in [1.82, 2.24) is 4.90 Å². The first-order chi connectivity index (χ1) is 16.3. The molecule has 0 aromatic heterocycles. The minimum Gasteiger partial charge on any atom is -0.485 e. The summed E-state index contributed by atoms with van der Waals surface area (Å²) in [6.45, 7) is 5.52. The first-order valence-electron chi connectivity index (χ1n) is 11.8. The van der Waals surface area contributed by atoms with Crippen LogP contribution in [0.2, 0.25) is 0 Å². The number of fused-ring (bicyclic) bond motifs is 2. The smallest absolute Gasteiger partial charge is 0.255 e. The zero-order valence-electron chi connectivity index (χ0n) is 19.2. The molecule has 34 heavy (non-hydrogen) atoms. The predicted octanol–water partition coefficient (Wildman–Crippen LogP) is 2.78. The Morgan fingerprint density at radius 2 is 1.74 bits per heavy atom. The molecule has 0 aliphatic carbocycles. The number of carbonyl (C=O) groups excluding carboxylic acids is 1. The molecule has 3 aliphatic rings. The van der Waals surface area contributed by atoms with E-state index in [2.05, 4.69) is 0 Å². The summed E-state index contributed by atoms with van der Waals surface area (Å²) in [4.78, 5) is 42.1. The van der Waals surface area contributed by atoms with Gasteiger partial charge in [0.05, 0.1) is 11.6 Å². The number of benzene rings is 2. The van der Waals surface area contributed by atoms with Crippen LogP contribution in [0, 0.1) is 0 Å². The van der Waals surface area contributed by atoms with E-state index in [0.717, 1.165) is 31.5 Å². The molecule has 0 spiro atoms.